The van der Waals surface area contributed by atoms with Crippen molar-refractivity contribution in [2.75, 3.05) is 5.32 Å². The third kappa shape index (κ3) is 4.13. The van der Waals surface area contributed by atoms with E-state index in [1.165, 1.54) is 0 Å². The van der Waals surface area contributed by atoms with Crippen LogP contribution < -0.4 is 10.5 Å². The Hall–Kier alpha value is -3.72. The monoisotopic (exact) mass is 415 g/mol. The zero-order valence-corrected chi connectivity index (χ0v) is 16.6. The standard InChI is InChI=1S/C23H21N5O3/c29-28(30)18-11-7-16(8-12-18)22-13-21(27-31-22)15-5-9-17(10-6-15)24-14-23-25-19-3-1-2-4-20(19)26-23/h1-12,22,24,28-29H,13-14H2,(H,25,26). The molecule has 0 amide bonds. The number of oxime groups is 1. The first kappa shape index (κ1) is 19.3. The van der Waals surface area contributed by atoms with Gasteiger partial charge < -0.3 is 20.3 Å². The molecule has 8 nitrogen and oxygen atoms in total. The molecule has 0 spiro atoms. The van der Waals surface area contributed by atoms with E-state index in [0.717, 1.165) is 39.4 Å². The number of fused-ring (bicyclic) bond motifs is 1. The molecule has 4 N–H and O–H groups in total. The summed E-state index contributed by atoms with van der Waals surface area (Å²) in [6, 6.07) is 22.7. The van der Waals surface area contributed by atoms with E-state index in [4.69, 9.17) is 10.0 Å². The zero-order valence-electron chi connectivity index (χ0n) is 16.6. The first-order valence-corrected chi connectivity index (χ1v) is 9.99. The fourth-order valence-corrected chi connectivity index (χ4v) is 3.62. The van der Waals surface area contributed by atoms with Gasteiger partial charge in [0.05, 0.1) is 23.3 Å². The van der Waals surface area contributed by atoms with Crippen LogP contribution in [0.2, 0.25) is 0 Å². The Morgan fingerprint density at radius 3 is 2.58 bits per heavy atom. The van der Waals surface area contributed by atoms with Crippen molar-refractivity contribution < 1.29 is 15.3 Å². The fraction of sp³-hybridized carbons (Fsp3) is 0.130. The molecule has 1 aliphatic heterocycles. The van der Waals surface area contributed by atoms with E-state index in [-0.39, 0.29) is 11.8 Å². The Morgan fingerprint density at radius 2 is 1.84 bits per heavy atom. The van der Waals surface area contributed by atoms with Crippen molar-refractivity contribution in [2.24, 2.45) is 5.16 Å². The van der Waals surface area contributed by atoms with Gasteiger partial charge >= 0.3 is 0 Å². The van der Waals surface area contributed by atoms with Gasteiger partial charge in [-0.3, -0.25) is 0 Å². The Balaban J connectivity index is 1.20. The molecule has 0 bridgehead atoms. The molecule has 0 saturated carbocycles. The number of aromatic amines is 1. The number of nitrogens with one attached hydrogen (secondary N) is 3. The van der Waals surface area contributed by atoms with E-state index in [1.54, 1.807) is 24.3 Å². The molecule has 2 unspecified atom stereocenters. The normalized spacial score (nSPS) is 16.7. The maximum atomic E-state index is 11.0. The van der Waals surface area contributed by atoms with Gasteiger partial charge in [-0.2, -0.15) is 5.23 Å². The van der Waals surface area contributed by atoms with E-state index in [1.807, 2.05) is 48.5 Å². The molecule has 0 aliphatic carbocycles. The van der Waals surface area contributed by atoms with E-state index in [0.29, 0.717) is 13.0 Å². The Kier molecular flexibility index (Phi) is 5.09. The van der Waals surface area contributed by atoms with Crippen molar-refractivity contribution in [1.29, 1.82) is 0 Å². The summed E-state index contributed by atoms with van der Waals surface area (Å²) in [5, 5.41) is 26.7. The predicted octanol–water partition coefficient (Wildman–Crippen LogP) is 3.44. The third-order valence-electron chi connectivity index (χ3n) is 5.31. The molecule has 5 rings (SSSR count). The zero-order chi connectivity index (χ0) is 21.2. The summed E-state index contributed by atoms with van der Waals surface area (Å²) in [4.78, 5) is 13.5. The number of nitrogens with zero attached hydrogens (tertiary/aromatic N) is 2. The highest BCUT2D eigenvalue weighted by atomic mass is 16.8. The lowest BCUT2D eigenvalue weighted by molar-refractivity contribution is -0.991. The summed E-state index contributed by atoms with van der Waals surface area (Å²) < 4.78 is 0. The molecule has 1 aliphatic rings. The van der Waals surface area contributed by atoms with E-state index >= 15 is 0 Å². The molecule has 8 heteroatoms. The molecule has 3 aromatic carbocycles. The van der Waals surface area contributed by atoms with Gasteiger partial charge in [0.15, 0.2) is 11.8 Å². The van der Waals surface area contributed by atoms with E-state index in [9.17, 15) is 5.21 Å². The van der Waals surface area contributed by atoms with Crippen LogP contribution in [0, 0.1) is 5.21 Å². The quantitative estimate of drug-likeness (QED) is 0.361. The average Bonchev–Trinajstić information content (AvgIpc) is 3.45. The van der Waals surface area contributed by atoms with Crippen LogP contribution in [0.15, 0.2) is 78.0 Å². The first-order valence-electron chi connectivity index (χ1n) is 9.99. The van der Waals surface area contributed by atoms with Crippen LogP contribution in [0.3, 0.4) is 0 Å². The number of benzene rings is 3. The number of quaternary nitrogens is 1. The molecule has 0 saturated heterocycles. The number of anilines is 1. The largest absolute Gasteiger partial charge is 0.595 e. The lowest BCUT2D eigenvalue weighted by Gasteiger charge is -2.13. The van der Waals surface area contributed by atoms with Gasteiger partial charge in [0.1, 0.15) is 5.82 Å². The van der Waals surface area contributed by atoms with Crippen LogP contribution in [-0.2, 0) is 11.4 Å². The second-order valence-electron chi connectivity index (χ2n) is 7.39. The van der Waals surface area contributed by atoms with Crippen LogP contribution in [-0.4, -0.2) is 20.9 Å². The Labute approximate surface area is 178 Å². The molecule has 4 aromatic rings. The number of hydrogen-bond acceptors (Lipinski definition) is 6. The summed E-state index contributed by atoms with van der Waals surface area (Å²) in [5.41, 5.74) is 6.02. The van der Waals surface area contributed by atoms with Crippen molar-refractivity contribution in [3.8, 4) is 0 Å². The van der Waals surface area contributed by atoms with Gasteiger partial charge in [-0.1, -0.05) is 29.4 Å². The lowest BCUT2D eigenvalue weighted by atomic mass is 10.00. The SMILES string of the molecule is [O-][NH+](O)c1ccc(C2CC(c3ccc(NCc4nc5ccccc5[nH]4)cc3)=NO2)cc1. The highest BCUT2D eigenvalue weighted by Crippen LogP contribution is 2.30. The smallest absolute Gasteiger partial charge is 0.163 e. The molecular weight excluding hydrogens is 394 g/mol. The molecular formula is C23H21N5O3. The number of H-pyrrole nitrogens is 1. The molecule has 2 atom stereocenters. The number of para-hydroxylation sites is 2. The summed E-state index contributed by atoms with van der Waals surface area (Å²) >= 11 is 0. The second-order valence-corrected chi connectivity index (χ2v) is 7.39. The van der Waals surface area contributed by atoms with Crippen LogP contribution in [0.4, 0.5) is 11.4 Å². The molecule has 1 aromatic heterocycles. The van der Waals surface area contributed by atoms with Crippen LogP contribution in [0.5, 0.6) is 0 Å². The van der Waals surface area contributed by atoms with Gasteiger partial charge in [0.2, 0.25) is 0 Å². The summed E-state index contributed by atoms with van der Waals surface area (Å²) in [5.74, 6) is 0.885. The van der Waals surface area contributed by atoms with Gasteiger partial charge in [0, 0.05) is 24.2 Å². The fourth-order valence-electron chi connectivity index (χ4n) is 3.62. The minimum absolute atomic E-state index is 0.205. The molecule has 0 radical (unpaired) electrons. The van der Waals surface area contributed by atoms with Gasteiger partial charge in [-0.15, -0.1) is 0 Å². The van der Waals surface area contributed by atoms with Crippen molar-refractivity contribution in [2.45, 2.75) is 19.1 Å². The van der Waals surface area contributed by atoms with Crippen molar-refractivity contribution in [3.05, 3.63) is 95.0 Å². The maximum Gasteiger partial charge on any atom is 0.163 e. The Morgan fingerprint density at radius 1 is 1.06 bits per heavy atom. The minimum atomic E-state index is -0.940. The molecule has 31 heavy (non-hydrogen) atoms. The molecule has 2 heterocycles. The van der Waals surface area contributed by atoms with Gasteiger partial charge in [-0.05, 0) is 47.5 Å². The lowest BCUT2D eigenvalue weighted by Crippen LogP contribution is -2.99. The number of rotatable bonds is 6. The van der Waals surface area contributed by atoms with Crippen molar-refractivity contribution >= 4 is 28.1 Å². The molecule has 156 valence electrons. The van der Waals surface area contributed by atoms with Crippen molar-refractivity contribution in [1.82, 2.24) is 9.97 Å². The average molecular weight is 415 g/mol. The third-order valence-corrected chi connectivity index (χ3v) is 5.31. The van der Waals surface area contributed by atoms with Crippen LogP contribution >= 0.6 is 0 Å². The van der Waals surface area contributed by atoms with Crippen LogP contribution in [0.25, 0.3) is 11.0 Å². The number of hydrogen-bond donors (Lipinski definition) is 4. The second kappa shape index (κ2) is 8.19. The topological polar surface area (TPSA) is 110 Å². The highest BCUT2D eigenvalue weighted by Gasteiger charge is 2.24. The number of imidazole rings is 1. The minimum Gasteiger partial charge on any atom is -0.595 e. The van der Waals surface area contributed by atoms with E-state index in [2.05, 4.69) is 20.4 Å². The summed E-state index contributed by atoms with van der Waals surface area (Å²) in [6.45, 7) is 0.604. The maximum absolute atomic E-state index is 11.0. The van der Waals surface area contributed by atoms with E-state index < -0.39 is 5.23 Å². The highest BCUT2D eigenvalue weighted by molar-refractivity contribution is 6.01. The molecule has 0 fully saturated rings. The Bertz CT molecular complexity index is 1180. The predicted molar refractivity (Wildman–Crippen MR) is 117 cm³/mol. The van der Waals surface area contributed by atoms with Crippen LogP contribution in [0.1, 0.15) is 29.5 Å². The van der Waals surface area contributed by atoms with Gasteiger partial charge in [-0.25, -0.2) is 10.2 Å². The number of aromatic nitrogens is 2. The van der Waals surface area contributed by atoms with Crippen molar-refractivity contribution in [3.63, 3.8) is 0 Å². The van der Waals surface area contributed by atoms with Gasteiger partial charge in [0.25, 0.3) is 0 Å². The summed E-state index contributed by atoms with van der Waals surface area (Å²) in [6.07, 6.45) is 0.432. The summed E-state index contributed by atoms with van der Waals surface area (Å²) in [7, 11) is 0. The first-order chi connectivity index (χ1) is 15.2.